The first kappa shape index (κ1) is 11.4. The van der Waals surface area contributed by atoms with Crippen LogP contribution in [0.15, 0.2) is 28.8 Å². The summed E-state index contributed by atoms with van der Waals surface area (Å²) >= 11 is 0. The standard InChI is InChI=1S/C12H16N4O/c1-9-14-12(15-17-9)8-13-10-6-4-5-7-11(10)16(2)3/h4-7,13H,8H2,1-3H3. The number of aryl methyl sites for hydroxylation is 1. The summed E-state index contributed by atoms with van der Waals surface area (Å²) in [6.07, 6.45) is 0. The molecule has 2 rings (SSSR count). The number of nitrogens with zero attached hydrogens (tertiary/aromatic N) is 3. The second-order valence-corrected chi connectivity index (χ2v) is 3.99. The fourth-order valence-electron chi connectivity index (χ4n) is 1.60. The van der Waals surface area contributed by atoms with Gasteiger partial charge in [-0.15, -0.1) is 0 Å². The molecule has 0 atom stereocenters. The van der Waals surface area contributed by atoms with Gasteiger partial charge < -0.3 is 14.7 Å². The Morgan fingerprint density at radius 3 is 2.71 bits per heavy atom. The van der Waals surface area contributed by atoms with Crippen molar-refractivity contribution in [3.63, 3.8) is 0 Å². The number of nitrogens with one attached hydrogen (secondary N) is 1. The molecule has 0 saturated heterocycles. The Balaban J connectivity index is 2.08. The lowest BCUT2D eigenvalue weighted by Crippen LogP contribution is -2.12. The van der Waals surface area contributed by atoms with E-state index in [4.69, 9.17) is 4.52 Å². The summed E-state index contributed by atoms with van der Waals surface area (Å²) in [5, 5.41) is 7.14. The molecule has 0 aliphatic rings. The van der Waals surface area contributed by atoms with Crippen LogP contribution in [0.25, 0.3) is 0 Å². The van der Waals surface area contributed by atoms with Crippen LogP contribution in [0.5, 0.6) is 0 Å². The highest BCUT2D eigenvalue weighted by molar-refractivity contribution is 5.69. The van der Waals surface area contributed by atoms with Crippen molar-refractivity contribution in [2.45, 2.75) is 13.5 Å². The first-order valence-corrected chi connectivity index (χ1v) is 5.46. The SMILES string of the molecule is Cc1nc(CNc2ccccc2N(C)C)no1. The van der Waals surface area contributed by atoms with Gasteiger partial charge >= 0.3 is 0 Å². The van der Waals surface area contributed by atoms with Crippen molar-refractivity contribution in [3.8, 4) is 0 Å². The smallest absolute Gasteiger partial charge is 0.223 e. The van der Waals surface area contributed by atoms with Crippen LogP contribution in [0.1, 0.15) is 11.7 Å². The Morgan fingerprint density at radius 2 is 2.06 bits per heavy atom. The van der Waals surface area contributed by atoms with Gasteiger partial charge in [-0.05, 0) is 12.1 Å². The van der Waals surface area contributed by atoms with Crippen LogP contribution in [0.3, 0.4) is 0 Å². The Hall–Kier alpha value is -2.04. The van der Waals surface area contributed by atoms with Crippen molar-refractivity contribution in [2.24, 2.45) is 0 Å². The van der Waals surface area contributed by atoms with Crippen LogP contribution in [-0.2, 0) is 6.54 Å². The van der Waals surface area contributed by atoms with Crippen molar-refractivity contribution >= 4 is 11.4 Å². The normalized spacial score (nSPS) is 10.3. The molecule has 0 aliphatic heterocycles. The molecular formula is C12H16N4O. The summed E-state index contributed by atoms with van der Waals surface area (Å²) in [6.45, 7) is 2.34. The maximum Gasteiger partial charge on any atom is 0.223 e. The van der Waals surface area contributed by atoms with Gasteiger partial charge in [0.05, 0.1) is 17.9 Å². The van der Waals surface area contributed by atoms with Crippen LogP contribution >= 0.6 is 0 Å². The Morgan fingerprint density at radius 1 is 1.29 bits per heavy atom. The van der Waals surface area contributed by atoms with E-state index in [2.05, 4.69) is 26.4 Å². The minimum atomic E-state index is 0.558. The fourth-order valence-corrected chi connectivity index (χ4v) is 1.60. The van der Waals surface area contributed by atoms with Crippen LogP contribution in [0.2, 0.25) is 0 Å². The maximum atomic E-state index is 4.92. The molecule has 0 spiro atoms. The highest BCUT2D eigenvalue weighted by Crippen LogP contribution is 2.23. The van der Waals surface area contributed by atoms with Gasteiger partial charge in [-0.2, -0.15) is 4.98 Å². The van der Waals surface area contributed by atoms with E-state index in [-0.39, 0.29) is 0 Å². The molecule has 0 amide bonds. The molecule has 1 heterocycles. The highest BCUT2D eigenvalue weighted by Gasteiger charge is 2.05. The second kappa shape index (κ2) is 4.86. The predicted molar refractivity (Wildman–Crippen MR) is 67.1 cm³/mol. The van der Waals surface area contributed by atoms with E-state index in [9.17, 15) is 0 Å². The van der Waals surface area contributed by atoms with E-state index in [1.807, 2.05) is 32.3 Å². The van der Waals surface area contributed by atoms with Gasteiger partial charge in [-0.3, -0.25) is 0 Å². The van der Waals surface area contributed by atoms with Gasteiger partial charge in [0, 0.05) is 21.0 Å². The Labute approximate surface area is 100 Å². The van der Waals surface area contributed by atoms with Crippen LogP contribution in [0, 0.1) is 6.92 Å². The lowest BCUT2D eigenvalue weighted by molar-refractivity contribution is 0.388. The van der Waals surface area contributed by atoms with E-state index in [0.717, 1.165) is 11.4 Å². The first-order valence-electron chi connectivity index (χ1n) is 5.46. The molecule has 0 bridgehead atoms. The Bertz CT molecular complexity index is 493. The third kappa shape index (κ3) is 2.75. The molecule has 0 radical (unpaired) electrons. The topological polar surface area (TPSA) is 54.2 Å². The van der Waals surface area contributed by atoms with Gasteiger partial charge in [0.15, 0.2) is 5.82 Å². The number of para-hydroxylation sites is 2. The van der Waals surface area contributed by atoms with Crippen molar-refractivity contribution in [1.29, 1.82) is 0 Å². The van der Waals surface area contributed by atoms with E-state index < -0.39 is 0 Å². The van der Waals surface area contributed by atoms with Gasteiger partial charge in [-0.25, -0.2) is 0 Å². The number of hydrogen-bond donors (Lipinski definition) is 1. The fraction of sp³-hybridized carbons (Fsp3) is 0.333. The van der Waals surface area contributed by atoms with Crippen LogP contribution in [0.4, 0.5) is 11.4 Å². The van der Waals surface area contributed by atoms with Crippen molar-refractivity contribution in [1.82, 2.24) is 10.1 Å². The average molecular weight is 232 g/mol. The van der Waals surface area contributed by atoms with E-state index in [0.29, 0.717) is 18.3 Å². The molecular weight excluding hydrogens is 216 g/mol. The van der Waals surface area contributed by atoms with Crippen molar-refractivity contribution in [3.05, 3.63) is 36.0 Å². The van der Waals surface area contributed by atoms with Crippen molar-refractivity contribution in [2.75, 3.05) is 24.3 Å². The minimum absolute atomic E-state index is 0.558. The molecule has 5 heteroatoms. The zero-order valence-electron chi connectivity index (χ0n) is 10.3. The van der Waals surface area contributed by atoms with Crippen LogP contribution < -0.4 is 10.2 Å². The molecule has 0 saturated carbocycles. The summed E-state index contributed by atoms with van der Waals surface area (Å²) in [4.78, 5) is 6.21. The zero-order chi connectivity index (χ0) is 12.3. The Kier molecular flexibility index (Phi) is 3.27. The number of hydrogen-bond acceptors (Lipinski definition) is 5. The minimum Gasteiger partial charge on any atom is -0.376 e. The third-order valence-electron chi connectivity index (χ3n) is 2.39. The second-order valence-electron chi connectivity index (χ2n) is 3.99. The highest BCUT2D eigenvalue weighted by atomic mass is 16.5. The van der Waals surface area contributed by atoms with Crippen LogP contribution in [-0.4, -0.2) is 24.2 Å². The lowest BCUT2D eigenvalue weighted by atomic mass is 10.2. The number of anilines is 2. The van der Waals surface area contributed by atoms with E-state index in [1.54, 1.807) is 6.92 Å². The summed E-state index contributed by atoms with van der Waals surface area (Å²) in [5.74, 6) is 1.25. The lowest BCUT2D eigenvalue weighted by Gasteiger charge is -2.17. The summed E-state index contributed by atoms with van der Waals surface area (Å²) < 4.78 is 4.92. The summed E-state index contributed by atoms with van der Waals surface area (Å²) in [5.41, 5.74) is 2.19. The molecule has 5 nitrogen and oxygen atoms in total. The van der Waals surface area contributed by atoms with E-state index in [1.165, 1.54) is 0 Å². The van der Waals surface area contributed by atoms with Gasteiger partial charge in [0.2, 0.25) is 5.89 Å². The van der Waals surface area contributed by atoms with E-state index >= 15 is 0 Å². The van der Waals surface area contributed by atoms with Gasteiger partial charge in [0.1, 0.15) is 0 Å². The quantitative estimate of drug-likeness (QED) is 0.874. The number of aromatic nitrogens is 2. The van der Waals surface area contributed by atoms with Crippen molar-refractivity contribution < 1.29 is 4.52 Å². The monoisotopic (exact) mass is 232 g/mol. The molecule has 17 heavy (non-hydrogen) atoms. The van der Waals surface area contributed by atoms with Gasteiger partial charge in [-0.1, -0.05) is 17.3 Å². The molecule has 0 fully saturated rings. The molecule has 0 unspecified atom stereocenters. The summed E-state index contributed by atoms with van der Waals surface area (Å²) in [6, 6.07) is 8.10. The zero-order valence-corrected chi connectivity index (χ0v) is 10.3. The first-order chi connectivity index (χ1) is 8.16. The molecule has 90 valence electrons. The molecule has 0 aliphatic carbocycles. The third-order valence-corrected chi connectivity index (χ3v) is 2.39. The largest absolute Gasteiger partial charge is 0.376 e. The number of rotatable bonds is 4. The summed E-state index contributed by atoms with van der Waals surface area (Å²) in [7, 11) is 4.03. The molecule has 1 N–H and O–H groups in total. The van der Waals surface area contributed by atoms with Gasteiger partial charge in [0.25, 0.3) is 0 Å². The molecule has 2 aromatic rings. The predicted octanol–water partition coefficient (Wildman–Crippen LogP) is 2.06. The maximum absolute atomic E-state index is 4.92. The molecule has 1 aromatic carbocycles. The number of benzene rings is 1. The molecule has 1 aromatic heterocycles. The average Bonchev–Trinajstić information content (AvgIpc) is 2.73.